The maximum Gasteiger partial charge on any atom is 0.435 e. The number of fused-ring (bicyclic) bond motifs is 2. The summed E-state index contributed by atoms with van der Waals surface area (Å²) in [4.78, 5) is 20.9. The van der Waals surface area contributed by atoms with E-state index in [1.165, 1.54) is 11.9 Å². The van der Waals surface area contributed by atoms with Gasteiger partial charge < -0.3 is 10.0 Å². The van der Waals surface area contributed by atoms with Gasteiger partial charge in [0.15, 0.2) is 5.69 Å². The first-order valence-electron chi connectivity index (χ1n) is 10.2. The lowest BCUT2D eigenvalue weighted by Crippen LogP contribution is -2.58. The Balaban J connectivity index is 1.69. The summed E-state index contributed by atoms with van der Waals surface area (Å²) in [7, 11) is 1.36. The van der Waals surface area contributed by atoms with Crippen molar-refractivity contribution in [3.63, 3.8) is 0 Å². The molecule has 11 heteroatoms. The number of hydrogen-bond donors (Lipinski definition) is 1. The minimum Gasteiger partial charge on any atom is -0.374 e. The Bertz CT molecular complexity index is 1230. The molecule has 172 valence electrons. The van der Waals surface area contributed by atoms with Crippen LogP contribution in [-0.2, 0) is 25.3 Å². The van der Waals surface area contributed by atoms with E-state index in [4.69, 9.17) is 11.6 Å². The highest BCUT2D eigenvalue weighted by molar-refractivity contribution is 6.30. The summed E-state index contributed by atoms with van der Waals surface area (Å²) >= 11 is 6.08. The number of aromatic nitrogens is 3. The van der Waals surface area contributed by atoms with Gasteiger partial charge in [-0.05, 0) is 29.8 Å². The summed E-state index contributed by atoms with van der Waals surface area (Å²) in [5, 5.41) is 15.3. The molecule has 4 heterocycles. The van der Waals surface area contributed by atoms with Gasteiger partial charge >= 0.3 is 6.18 Å². The largest absolute Gasteiger partial charge is 0.435 e. The molecule has 3 aromatic rings. The van der Waals surface area contributed by atoms with Crippen molar-refractivity contribution in [1.29, 1.82) is 0 Å². The van der Waals surface area contributed by atoms with Crippen LogP contribution in [0.5, 0.6) is 0 Å². The molecule has 0 saturated carbocycles. The highest BCUT2D eigenvalue weighted by atomic mass is 35.5. The molecule has 2 unspecified atom stereocenters. The van der Waals surface area contributed by atoms with Crippen LogP contribution in [0.25, 0.3) is 0 Å². The maximum absolute atomic E-state index is 13.7. The van der Waals surface area contributed by atoms with Crippen molar-refractivity contribution < 1.29 is 23.1 Å². The third-order valence-corrected chi connectivity index (χ3v) is 6.52. The van der Waals surface area contributed by atoms with E-state index in [-0.39, 0.29) is 31.0 Å². The third-order valence-electron chi connectivity index (χ3n) is 6.27. The lowest BCUT2D eigenvalue weighted by molar-refractivity contribution is -0.147. The van der Waals surface area contributed by atoms with Gasteiger partial charge in [-0.25, -0.2) is 4.90 Å². The second kappa shape index (κ2) is 7.54. The second-order valence-electron chi connectivity index (χ2n) is 8.13. The van der Waals surface area contributed by atoms with Gasteiger partial charge in [0, 0.05) is 49.5 Å². The molecule has 0 radical (unpaired) electrons. The number of alkyl halides is 3. The number of nitrogens with zero attached hydrogens (tertiary/aromatic N) is 5. The number of carbonyl (C=O) groups is 1. The molecule has 1 N–H and O–H groups in total. The Morgan fingerprint density at radius 1 is 1.18 bits per heavy atom. The summed E-state index contributed by atoms with van der Waals surface area (Å²) in [6.45, 7) is 0.365. The van der Waals surface area contributed by atoms with E-state index in [1.54, 1.807) is 47.5 Å². The Morgan fingerprint density at radius 2 is 1.91 bits per heavy atom. The van der Waals surface area contributed by atoms with E-state index in [9.17, 15) is 23.1 Å². The van der Waals surface area contributed by atoms with Crippen LogP contribution in [0, 0.1) is 0 Å². The van der Waals surface area contributed by atoms with Gasteiger partial charge in [0.25, 0.3) is 5.91 Å². The monoisotopic (exact) mass is 477 g/mol. The third kappa shape index (κ3) is 3.32. The number of carbonyl (C=O) groups excluding carboxylic acids is 1. The van der Waals surface area contributed by atoms with Crippen molar-refractivity contribution in [3.05, 3.63) is 81.9 Å². The zero-order valence-corrected chi connectivity index (χ0v) is 18.2. The van der Waals surface area contributed by atoms with Gasteiger partial charge in [-0.1, -0.05) is 23.7 Å². The van der Waals surface area contributed by atoms with Crippen molar-refractivity contribution in [2.75, 3.05) is 13.1 Å². The Labute approximate surface area is 192 Å². The molecule has 1 saturated heterocycles. The zero-order valence-electron chi connectivity index (χ0n) is 17.4. The first kappa shape index (κ1) is 21.9. The van der Waals surface area contributed by atoms with Crippen molar-refractivity contribution in [3.8, 4) is 0 Å². The lowest BCUT2D eigenvalue weighted by Gasteiger charge is -2.48. The molecule has 2 aromatic heterocycles. The summed E-state index contributed by atoms with van der Waals surface area (Å²) in [5.74, 6) is -0.295. The number of aliphatic hydroxyl groups excluding tert-OH is 1. The molecule has 2 aliphatic rings. The molecule has 2 atom stereocenters. The lowest BCUT2D eigenvalue weighted by atomic mass is 9.86. The summed E-state index contributed by atoms with van der Waals surface area (Å²) in [6, 6.07) is 10.1. The smallest absolute Gasteiger partial charge is 0.374 e. The van der Waals surface area contributed by atoms with Gasteiger partial charge in [0.1, 0.15) is 11.9 Å². The molecule has 1 fully saturated rings. The molecule has 7 nitrogen and oxygen atoms in total. The van der Waals surface area contributed by atoms with Crippen LogP contribution in [0.15, 0.2) is 48.8 Å². The Morgan fingerprint density at radius 3 is 2.61 bits per heavy atom. The van der Waals surface area contributed by atoms with Gasteiger partial charge in [-0.2, -0.15) is 18.3 Å². The molecule has 1 aromatic carbocycles. The molecular formula is C22H19ClF3N5O2. The van der Waals surface area contributed by atoms with Crippen LogP contribution in [0.1, 0.15) is 39.1 Å². The Hall–Kier alpha value is -2.95. The number of benzene rings is 1. The average molecular weight is 478 g/mol. The van der Waals surface area contributed by atoms with Crippen molar-refractivity contribution in [2.24, 2.45) is 7.05 Å². The topological polar surface area (TPSA) is 74.5 Å². The van der Waals surface area contributed by atoms with E-state index < -0.39 is 23.8 Å². The maximum atomic E-state index is 13.7. The average Bonchev–Trinajstić information content (AvgIpc) is 3.36. The van der Waals surface area contributed by atoms with E-state index in [2.05, 4.69) is 10.1 Å². The quantitative estimate of drug-likeness (QED) is 0.626. The number of pyridine rings is 1. The van der Waals surface area contributed by atoms with Crippen LogP contribution < -0.4 is 0 Å². The van der Waals surface area contributed by atoms with Crippen molar-refractivity contribution in [2.45, 2.75) is 24.5 Å². The van der Waals surface area contributed by atoms with Gasteiger partial charge in [-0.3, -0.25) is 14.5 Å². The van der Waals surface area contributed by atoms with E-state index in [0.29, 0.717) is 21.8 Å². The first-order chi connectivity index (χ1) is 15.6. The SMILES string of the molecule is Cn1cc(C(O)N2CCN3C(=O)c4cccnc4CC32c2ccc(Cl)cc2)c(C(F)(F)F)n1. The predicted molar refractivity (Wildman–Crippen MR) is 112 cm³/mol. The van der Waals surface area contributed by atoms with Crippen LogP contribution in [-0.4, -0.2) is 48.7 Å². The van der Waals surface area contributed by atoms with Gasteiger partial charge in [-0.15, -0.1) is 0 Å². The van der Waals surface area contributed by atoms with Crippen LogP contribution in [0.4, 0.5) is 13.2 Å². The number of aryl methyl sites for hydroxylation is 1. The summed E-state index contributed by atoms with van der Waals surface area (Å²) in [5.41, 5.74) is -1.22. The fraction of sp³-hybridized carbons (Fsp3) is 0.318. The first-order valence-corrected chi connectivity index (χ1v) is 10.6. The summed E-state index contributed by atoms with van der Waals surface area (Å²) < 4.78 is 42.0. The molecule has 33 heavy (non-hydrogen) atoms. The highest BCUT2D eigenvalue weighted by Crippen LogP contribution is 2.48. The molecule has 0 bridgehead atoms. The van der Waals surface area contributed by atoms with Crippen molar-refractivity contribution in [1.82, 2.24) is 24.6 Å². The number of aliphatic hydroxyl groups is 1. The number of hydrogen-bond acceptors (Lipinski definition) is 5. The number of halogens is 4. The van der Waals surface area contributed by atoms with Gasteiger partial charge in [0.2, 0.25) is 0 Å². The minimum atomic E-state index is -4.75. The normalized spacial score (nSPS) is 21.8. The molecule has 5 rings (SSSR count). The van der Waals surface area contributed by atoms with Crippen LogP contribution in [0.2, 0.25) is 5.02 Å². The van der Waals surface area contributed by atoms with Crippen LogP contribution in [0.3, 0.4) is 0 Å². The molecule has 2 aliphatic heterocycles. The molecule has 0 aliphatic carbocycles. The Kier molecular flexibility index (Phi) is 5.00. The molecule has 1 amide bonds. The fourth-order valence-corrected chi connectivity index (χ4v) is 5.03. The predicted octanol–water partition coefficient (Wildman–Crippen LogP) is 3.35. The van der Waals surface area contributed by atoms with Crippen molar-refractivity contribution >= 4 is 17.5 Å². The molecule has 0 spiro atoms. The van der Waals surface area contributed by atoms with Crippen LogP contribution >= 0.6 is 11.6 Å². The summed E-state index contributed by atoms with van der Waals surface area (Å²) in [6.07, 6.45) is -3.51. The zero-order chi connectivity index (χ0) is 23.5. The minimum absolute atomic E-state index is 0.149. The fourth-order valence-electron chi connectivity index (χ4n) is 4.90. The van der Waals surface area contributed by atoms with E-state index in [0.717, 1.165) is 10.9 Å². The van der Waals surface area contributed by atoms with Gasteiger partial charge in [0.05, 0.1) is 11.3 Å². The second-order valence-corrected chi connectivity index (χ2v) is 8.56. The highest BCUT2D eigenvalue weighted by Gasteiger charge is 2.57. The van der Waals surface area contributed by atoms with E-state index >= 15 is 0 Å². The number of rotatable bonds is 3. The molecular weight excluding hydrogens is 459 g/mol. The number of amides is 1. The standard InChI is InChI=1S/C22H19ClF3N5O2/c1-29-12-16(18(28-29)22(24,25)26)20(33)31-10-9-30-19(32)15-3-2-8-27-17(15)11-21(30,31)13-4-6-14(23)7-5-13/h2-8,12,20,33H,9-11H2,1H3. The van der Waals surface area contributed by atoms with E-state index in [1.807, 2.05) is 0 Å².